The quantitative estimate of drug-likeness (QED) is 0.712. The van der Waals surface area contributed by atoms with E-state index in [4.69, 9.17) is 9.47 Å². The van der Waals surface area contributed by atoms with Crippen LogP contribution in [0.1, 0.15) is 51.5 Å². The van der Waals surface area contributed by atoms with E-state index in [1.54, 1.807) is 45.0 Å². The molecule has 0 aromatic carbocycles. The summed E-state index contributed by atoms with van der Waals surface area (Å²) in [5.41, 5.74) is 0.535. The predicted molar refractivity (Wildman–Crippen MR) is 111 cm³/mol. The lowest BCUT2D eigenvalue weighted by atomic mass is 10.2. The van der Waals surface area contributed by atoms with Gasteiger partial charge in [0.1, 0.15) is 17.0 Å². The summed E-state index contributed by atoms with van der Waals surface area (Å²) in [6, 6.07) is 0. The first-order chi connectivity index (χ1) is 13.6. The maximum atomic E-state index is 12.3. The summed E-state index contributed by atoms with van der Waals surface area (Å²) in [6.45, 7) is 9.26. The van der Waals surface area contributed by atoms with Crippen molar-refractivity contribution >= 4 is 34.4 Å². The fourth-order valence-electron chi connectivity index (χ4n) is 2.16. The smallest absolute Gasteiger partial charge is 0.413 e. The molecule has 2 rings (SSSR count). The fourth-order valence-corrected chi connectivity index (χ4v) is 2.83. The van der Waals surface area contributed by atoms with E-state index in [2.05, 4.69) is 15.6 Å². The van der Waals surface area contributed by atoms with Crippen molar-refractivity contribution in [3.63, 3.8) is 0 Å². The van der Waals surface area contributed by atoms with Gasteiger partial charge in [-0.1, -0.05) is 13.8 Å². The largest absolute Gasteiger partial charge is 0.464 e. The van der Waals surface area contributed by atoms with Crippen LogP contribution in [0.5, 0.6) is 0 Å². The molecule has 1 aromatic rings. The molecule has 2 N–H and O–H groups in total. The molecule has 9 nitrogen and oxygen atoms in total. The summed E-state index contributed by atoms with van der Waals surface area (Å²) in [5, 5.41) is 7.02. The van der Waals surface area contributed by atoms with Crippen molar-refractivity contribution in [1.29, 1.82) is 0 Å². The van der Waals surface area contributed by atoms with Gasteiger partial charge in [-0.3, -0.25) is 10.1 Å². The second-order valence-electron chi connectivity index (χ2n) is 6.67. The summed E-state index contributed by atoms with van der Waals surface area (Å²) < 4.78 is 9.83. The Labute approximate surface area is 174 Å². The van der Waals surface area contributed by atoms with Crippen LogP contribution in [-0.2, 0) is 14.3 Å². The predicted octanol–water partition coefficient (Wildman–Crippen LogP) is 3.48. The first-order valence-electron chi connectivity index (χ1n) is 9.08. The lowest BCUT2D eigenvalue weighted by Gasteiger charge is -2.22. The Hall–Kier alpha value is -2.88. The molecule has 160 valence electrons. The Morgan fingerprint density at radius 3 is 2.41 bits per heavy atom. The van der Waals surface area contributed by atoms with Gasteiger partial charge >= 0.3 is 12.1 Å². The molecule has 0 bridgehead atoms. The average Bonchev–Trinajstić information content (AvgIpc) is 3.09. The highest BCUT2D eigenvalue weighted by atomic mass is 32.1. The third-order valence-corrected chi connectivity index (χ3v) is 4.02. The zero-order valence-electron chi connectivity index (χ0n) is 17.8. The van der Waals surface area contributed by atoms with Crippen LogP contribution in [0.15, 0.2) is 29.1 Å². The number of esters is 1. The zero-order valence-corrected chi connectivity index (χ0v) is 18.6. The first-order valence-corrected chi connectivity index (χ1v) is 9.96. The number of anilines is 1. The van der Waals surface area contributed by atoms with Gasteiger partial charge in [0.05, 0.1) is 7.11 Å². The highest BCUT2D eigenvalue weighted by molar-refractivity contribution is 7.14. The monoisotopic (exact) mass is 424 g/mol. The van der Waals surface area contributed by atoms with Gasteiger partial charge in [0.15, 0.2) is 5.13 Å². The van der Waals surface area contributed by atoms with Crippen molar-refractivity contribution in [2.45, 2.75) is 46.6 Å². The van der Waals surface area contributed by atoms with E-state index in [-0.39, 0.29) is 10.8 Å². The minimum atomic E-state index is -0.638. The number of thiazole rings is 1. The Bertz CT molecular complexity index is 808. The summed E-state index contributed by atoms with van der Waals surface area (Å²) in [4.78, 5) is 41.3. The number of hydrogen-bond donors (Lipinski definition) is 2. The van der Waals surface area contributed by atoms with Gasteiger partial charge < -0.3 is 19.7 Å². The molecule has 0 saturated heterocycles. The van der Waals surface area contributed by atoms with Crippen LogP contribution in [0.4, 0.5) is 9.93 Å². The van der Waals surface area contributed by atoms with E-state index in [0.717, 1.165) is 11.3 Å². The number of amides is 2. The van der Waals surface area contributed by atoms with E-state index in [9.17, 15) is 14.4 Å². The number of ether oxygens (including phenoxy) is 2. The molecule has 1 aliphatic rings. The SMILES string of the molecule is CC.COC(=O)C1=CCC(NC(=O)c2csc(NC(=O)OC(C)(C)C)n2)=CN1C. The van der Waals surface area contributed by atoms with Gasteiger partial charge in [0.25, 0.3) is 5.91 Å². The van der Waals surface area contributed by atoms with E-state index in [0.29, 0.717) is 17.8 Å². The minimum Gasteiger partial charge on any atom is -0.464 e. The number of aromatic nitrogens is 1. The third kappa shape index (κ3) is 7.57. The van der Waals surface area contributed by atoms with Crippen molar-refractivity contribution in [3.8, 4) is 0 Å². The van der Waals surface area contributed by atoms with Crippen LogP contribution in [0, 0.1) is 0 Å². The number of nitrogens with zero attached hydrogens (tertiary/aromatic N) is 2. The number of likely N-dealkylation sites (N-methyl/N-ethyl adjacent to an activating group) is 1. The highest BCUT2D eigenvalue weighted by Gasteiger charge is 2.21. The molecular weight excluding hydrogens is 396 g/mol. The summed E-state index contributed by atoms with van der Waals surface area (Å²) in [5.74, 6) is -0.866. The van der Waals surface area contributed by atoms with Gasteiger partial charge in [-0.2, -0.15) is 0 Å². The molecule has 2 heterocycles. The standard InChI is InChI=1S/C17H22N4O5S.C2H6/c1-17(2,3)26-16(24)20-15-19-11(9-27-15)13(22)18-10-6-7-12(14(23)25-5)21(4)8-10;1-2/h7-9H,6H2,1-5H3,(H,18,22)(H,19,20,24);1-2H3. The van der Waals surface area contributed by atoms with E-state index < -0.39 is 23.6 Å². The summed E-state index contributed by atoms with van der Waals surface area (Å²) >= 11 is 1.12. The van der Waals surface area contributed by atoms with Crippen molar-refractivity contribution in [1.82, 2.24) is 15.2 Å². The Morgan fingerprint density at radius 1 is 1.21 bits per heavy atom. The first kappa shape index (κ1) is 24.2. The Balaban J connectivity index is 0.00000204. The van der Waals surface area contributed by atoms with Crippen LogP contribution in [0.3, 0.4) is 0 Å². The molecule has 0 radical (unpaired) electrons. The average molecular weight is 425 g/mol. The zero-order chi connectivity index (χ0) is 22.2. The second kappa shape index (κ2) is 10.6. The molecule has 0 unspecified atom stereocenters. The van der Waals surface area contributed by atoms with Crippen LogP contribution < -0.4 is 10.6 Å². The topological polar surface area (TPSA) is 110 Å². The van der Waals surface area contributed by atoms with Gasteiger partial charge in [0.2, 0.25) is 0 Å². The van der Waals surface area contributed by atoms with Crippen LogP contribution in [0.2, 0.25) is 0 Å². The number of carbonyl (C=O) groups excluding carboxylic acids is 3. The van der Waals surface area contributed by atoms with Crippen molar-refractivity contribution in [3.05, 3.63) is 34.7 Å². The third-order valence-electron chi connectivity index (χ3n) is 3.26. The second-order valence-corrected chi connectivity index (χ2v) is 7.53. The number of rotatable bonds is 4. The highest BCUT2D eigenvalue weighted by Crippen LogP contribution is 2.19. The number of carbonyl (C=O) groups is 3. The number of hydrogen-bond acceptors (Lipinski definition) is 8. The van der Waals surface area contributed by atoms with Gasteiger partial charge in [-0.05, 0) is 26.8 Å². The maximum Gasteiger partial charge on any atom is 0.413 e. The number of nitrogens with one attached hydrogen (secondary N) is 2. The van der Waals surface area contributed by atoms with Gasteiger partial charge in [0, 0.05) is 30.7 Å². The fraction of sp³-hybridized carbons (Fsp3) is 0.474. The molecule has 0 aliphatic carbocycles. The lowest BCUT2D eigenvalue weighted by molar-refractivity contribution is -0.137. The molecule has 0 fully saturated rings. The van der Waals surface area contributed by atoms with E-state index in [1.807, 2.05) is 13.8 Å². The molecular formula is C19H28N4O5S. The normalized spacial score (nSPS) is 13.3. The van der Waals surface area contributed by atoms with Crippen molar-refractivity contribution in [2.24, 2.45) is 0 Å². The molecule has 2 amide bonds. The molecule has 1 aliphatic heterocycles. The number of methoxy groups -OCH3 is 1. The summed E-state index contributed by atoms with van der Waals surface area (Å²) in [6.07, 6.45) is 3.03. The van der Waals surface area contributed by atoms with Crippen LogP contribution in [0.25, 0.3) is 0 Å². The number of allylic oxidation sites excluding steroid dienone is 1. The van der Waals surface area contributed by atoms with E-state index in [1.165, 1.54) is 12.5 Å². The molecule has 0 saturated carbocycles. The minimum absolute atomic E-state index is 0.164. The van der Waals surface area contributed by atoms with Gasteiger partial charge in [-0.15, -0.1) is 11.3 Å². The van der Waals surface area contributed by atoms with Crippen molar-refractivity contribution < 1.29 is 23.9 Å². The maximum absolute atomic E-state index is 12.3. The molecule has 29 heavy (non-hydrogen) atoms. The van der Waals surface area contributed by atoms with E-state index >= 15 is 0 Å². The van der Waals surface area contributed by atoms with Gasteiger partial charge in [-0.25, -0.2) is 14.6 Å². The van der Waals surface area contributed by atoms with Crippen LogP contribution >= 0.6 is 11.3 Å². The molecule has 0 atom stereocenters. The van der Waals surface area contributed by atoms with Crippen LogP contribution in [-0.4, -0.2) is 47.6 Å². The Morgan fingerprint density at radius 2 is 1.86 bits per heavy atom. The molecule has 1 aromatic heterocycles. The van der Waals surface area contributed by atoms with Crippen molar-refractivity contribution in [2.75, 3.05) is 19.5 Å². The summed E-state index contributed by atoms with van der Waals surface area (Å²) in [7, 11) is 2.99. The lowest BCUT2D eigenvalue weighted by Crippen LogP contribution is -2.29. The molecule has 10 heteroatoms. The Kier molecular flexibility index (Phi) is 8.84. The molecule has 0 spiro atoms.